The Bertz CT molecular complexity index is 613. The predicted molar refractivity (Wildman–Crippen MR) is 82.7 cm³/mol. The lowest BCUT2D eigenvalue weighted by molar-refractivity contribution is 0.394. The zero-order valence-electron chi connectivity index (χ0n) is 12.3. The van der Waals surface area contributed by atoms with Crippen LogP contribution in [0.5, 0.6) is 11.5 Å². The average molecular weight is 269 g/mol. The van der Waals surface area contributed by atoms with Crippen LogP contribution in [-0.2, 0) is 0 Å². The smallest absolute Gasteiger partial charge is 0.131 e. The summed E-state index contributed by atoms with van der Waals surface area (Å²) >= 11 is 0. The van der Waals surface area contributed by atoms with E-state index in [9.17, 15) is 0 Å². The van der Waals surface area contributed by atoms with Crippen molar-refractivity contribution in [3.05, 3.63) is 53.1 Å². The number of aliphatic imine (C=N–C) groups is 1. The molecule has 104 valence electrons. The van der Waals surface area contributed by atoms with Crippen molar-refractivity contribution in [2.75, 3.05) is 14.2 Å². The van der Waals surface area contributed by atoms with Crippen LogP contribution in [0.1, 0.15) is 16.7 Å². The van der Waals surface area contributed by atoms with E-state index in [-0.39, 0.29) is 0 Å². The molecule has 0 aliphatic rings. The molecule has 0 N–H and O–H groups in total. The van der Waals surface area contributed by atoms with Gasteiger partial charge in [0.2, 0.25) is 0 Å². The van der Waals surface area contributed by atoms with Gasteiger partial charge < -0.3 is 9.47 Å². The van der Waals surface area contributed by atoms with E-state index in [4.69, 9.17) is 9.47 Å². The molecule has 0 fully saturated rings. The van der Waals surface area contributed by atoms with Crippen LogP contribution < -0.4 is 9.47 Å². The van der Waals surface area contributed by atoms with Crippen LogP contribution in [0.25, 0.3) is 0 Å². The van der Waals surface area contributed by atoms with Crippen molar-refractivity contribution >= 4 is 11.9 Å². The normalized spacial score (nSPS) is 10.8. The first-order valence-corrected chi connectivity index (χ1v) is 6.47. The molecule has 3 nitrogen and oxygen atoms in total. The Morgan fingerprint density at radius 3 is 2.20 bits per heavy atom. The number of hydrogen-bond donors (Lipinski definition) is 0. The Morgan fingerprint density at radius 2 is 1.60 bits per heavy atom. The molecule has 0 saturated heterocycles. The second-order valence-corrected chi connectivity index (χ2v) is 4.71. The van der Waals surface area contributed by atoms with Crippen molar-refractivity contribution in [1.82, 2.24) is 0 Å². The van der Waals surface area contributed by atoms with E-state index in [0.29, 0.717) is 0 Å². The largest absolute Gasteiger partial charge is 0.497 e. The van der Waals surface area contributed by atoms with E-state index in [1.165, 1.54) is 11.1 Å². The first-order valence-electron chi connectivity index (χ1n) is 6.47. The molecular weight excluding hydrogens is 250 g/mol. The SMILES string of the molecule is COc1ccc(/C=N/c2cc(C)cc(C)c2)c(OC)c1. The van der Waals surface area contributed by atoms with Crippen LogP contribution in [-0.4, -0.2) is 20.4 Å². The van der Waals surface area contributed by atoms with Crippen LogP contribution in [0.3, 0.4) is 0 Å². The number of methoxy groups -OCH3 is 2. The van der Waals surface area contributed by atoms with Gasteiger partial charge in [-0.3, -0.25) is 4.99 Å². The van der Waals surface area contributed by atoms with Gasteiger partial charge in [-0.05, 0) is 49.2 Å². The highest BCUT2D eigenvalue weighted by atomic mass is 16.5. The molecular formula is C17H19NO2. The van der Waals surface area contributed by atoms with Gasteiger partial charge in [0.25, 0.3) is 0 Å². The molecule has 0 unspecified atom stereocenters. The molecule has 0 amide bonds. The average Bonchev–Trinajstić information content (AvgIpc) is 2.44. The molecule has 0 radical (unpaired) electrons. The van der Waals surface area contributed by atoms with Gasteiger partial charge in [-0.25, -0.2) is 0 Å². The molecule has 2 rings (SSSR count). The molecule has 2 aromatic carbocycles. The molecule has 0 heterocycles. The molecule has 0 aliphatic carbocycles. The highest BCUT2D eigenvalue weighted by Gasteiger charge is 2.02. The van der Waals surface area contributed by atoms with Crippen LogP contribution >= 0.6 is 0 Å². The molecule has 0 atom stereocenters. The molecule has 3 heteroatoms. The van der Waals surface area contributed by atoms with Crippen molar-refractivity contribution in [2.24, 2.45) is 4.99 Å². The molecule has 0 spiro atoms. The fourth-order valence-corrected chi connectivity index (χ4v) is 2.09. The van der Waals surface area contributed by atoms with E-state index in [0.717, 1.165) is 22.7 Å². The number of nitrogens with zero attached hydrogens (tertiary/aromatic N) is 1. The standard InChI is InChI=1S/C17H19NO2/c1-12-7-13(2)9-15(8-12)18-11-14-5-6-16(19-3)10-17(14)20-4/h5-11H,1-4H3/b18-11+. The van der Waals surface area contributed by atoms with E-state index in [1.54, 1.807) is 14.2 Å². The zero-order chi connectivity index (χ0) is 14.5. The zero-order valence-corrected chi connectivity index (χ0v) is 12.3. The third-order valence-corrected chi connectivity index (χ3v) is 3.00. The van der Waals surface area contributed by atoms with Crippen LogP contribution in [0, 0.1) is 13.8 Å². The van der Waals surface area contributed by atoms with Gasteiger partial charge in [0.15, 0.2) is 0 Å². The van der Waals surface area contributed by atoms with Crippen molar-refractivity contribution in [1.29, 1.82) is 0 Å². The lowest BCUT2D eigenvalue weighted by Crippen LogP contribution is -1.92. The van der Waals surface area contributed by atoms with E-state index >= 15 is 0 Å². The number of rotatable bonds is 4. The van der Waals surface area contributed by atoms with Gasteiger partial charge in [0.05, 0.1) is 19.9 Å². The lowest BCUT2D eigenvalue weighted by Gasteiger charge is -2.07. The number of aryl methyl sites for hydroxylation is 2. The summed E-state index contributed by atoms with van der Waals surface area (Å²) in [5, 5.41) is 0. The van der Waals surface area contributed by atoms with Crippen molar-refractivity contribution in [3.8, 4) is 11.5 Å². The van der Waals surface area contributed by atoms with Crippen LogP contribution in [0.2, 0.25) is 0 Å². The Labute approximate surface area is 119 Å². The molecule has 0 bridgehead atoms. The first kappa shape index (κ1) is 14.1. The number of hydrogen-bond acceptors (Lipinski definition) is 3. The monoisotopic (exact) mass is 269 g/mol. The summed E-state index contributed by atoms with van der Waals surface area (Å²) in [4.78, 5) is 4.52. The third kappa shape index (κ3) is 3.38. The lowest BCUT2D eigenvalue weighted by atomic mass is 10.1. The number of benzene rings is 2. The fourth-order valence-electron chi connectivity index (χ4n) is 2.09. The molecule has 0 aliphatic heterocycles. The van der Waals surface area contributed by atoms with E-state index in [2.05, 4.69) is 37.0 Å². The molecule has 0 saturated carbocycles. The maximum Gasteiger partial charge on any atom is 0.131 e. The maximum atomic E-state index is 5.35. The third-order valence-electron chi connectivity index (χ3n) is 3.00. The van der Waals surface area contributed by atoms with Gasteiger partial charge in [0, 0.05) is 17.8 Å². The van der Waals surface area contributed by atoms with Crippen LogP contribution in [0.15, 0.2) is 41.4 Å². The van der Waals surface area contributed by atoms with Crippen molar-refractivity contribution in [2.45, 2.75) is 13.8 Å². The molecule has 20 heavy (non-hydrogen) atoms. The topological polar surface area (TPSA) is 30.8 Å². The minimum Gasteiger partial charge on any atom is -0.497 e. The first-order chi connectivity index (χ1) is 9.62. The van der Waals surface area contributed by atoms with E-state index in [1.807, 2.05) is 24.4 Å². The summed E-state index contributed by atoms with van der Waals surface area (Å²) < 4.78 is 10.5. The predicted octanol–water partition coefficient (Wildman–Crippen LogP) is 4.07. The fraction of sp³-hybridized carbons (Fsp3) is 0.235. The van der Waals surface area contributed by atoms with Gasteiger partial charge in [-0.15, -0.1) is 0 Å². The summed E-state index contributed by atoms with van der Waals surface area (Å²) in [6.45, 7) is 4.14. The highest BCUT2D eigenvalue weighted by molar-refractivity contribution is 5.85. The second-order valence-electron chi connectivity index (χ2n) is 4.71. The van der Waals surface area contributed by atoms with Gasteiger partial charge >= 0.3 is 0 Å². The maximum absolute atomic E-state index is 5.35. The van der Waals surface area contributed by atoms with Crippen LogP contribution in [0.4, 0.5) is 5.69 Å². The number of ether oxygens (including phenoxy) is 2. The summed E-state index contributed by atoms with van der Waals surface area (Å²) in [7, 11) is 3.28. The Hall–Kier alpha value is -2.29. The molecule has 2 aromatic rings. The Balaban J connectivity index is 2.31. The summed E-state index contributed by atoms with van der Waals surface area (Å²) in [5.41, 5.74) is 4.28. The Kier molecular flexibility index (Phi) is 4.41. The summed E-state index contributed by atoms with van der Waals surface area (Å²) in [5.74, 6) is 1.52. The summed E-state index contributed by atoms with van der Waals surface area (Å²) in [6.07, 6.45) is 1.81. The Morgan fingerprint density at radius 1 is 0.900 bits per heavy atom. The highest BCUT2D eigenvalue weighted by Crippen LogP contribution is 2.24. The quantitative estimate of drug-likeness (QED) is 0.783. The van der Waals surface area contributed by atoms with Gasteiger partial charge in [-0.2, -0.15) is 0 Å². The second kappa shape index (κ2) is 6.24. The minimum atomic E-state index is 0.748. The minimum absolute atomic E-state index is 0.748. The van der Waals surface area contributed by atoms with E-state index < -0.39 is 0 Å². The van der Waals surface area contributed by atoms with Gasteiger partial charge in [-0.1, -0.05) is 6.07 Å². The molecule has 0 aromatic heterocycles. The summed E-state index contributed by atoms with van der Waals surface area (Å²) in [6, 6.07) is 11.9. The van der Waals surface area contributed by atoms with Gasteiger partial charge in [0.1, 0.15) is 11.5 Å². The van der Waals surface area contributed by atoms with Crippen molar-refractivity contribution in [3.63, 3.8) is 0 Å². The van der Waals surface area contributed by atoms with Crippen molar-refractivity contribution < 1.29 is 9.47 Å².